The number of benzene rings is 1. The highest BCUT2D eigenvalue weighted by atomic mass is 79.9. The highest BCUT2D eigenvalue weighted by Gasteiger charge is 2.13. The summed E-state index contributed by atoms with van der Waals surface area (Å²) in [5, 5.41) is 8.65. The van der Waals surface area contributed by atoms with Crippen LogP contribution < -0.4 is 5.73 Å². The largest absolute Gasteiger partial charge is 0.395 e. The molecule has 0 aromatic heterocycles. The molecule has 14 heavy (non-hydrogen) atoms. The molecule has 0 aliphatic heterocycles. The lowest BCUT2D eigenvalue weighted by molar-refractivity contribution is 0.263. The lowest BCUT2D eigenvalue weighted by Crippen LogP contribution is -2.27. The van der Waals surface area contributed by atoms with Gasteiger partial charge in [0.15, 0.2) is 0 Å². The van der Waals surface area contributed by atoms with Gasteiger partial charge in [-0.1, -0.05) is 15.9 Å². The van der Waals surface area contributed by atoms with Crippen molar-refractivity contribution in [2.75, 3.05) is 6.61 Å². The van der Waals surface area contributed by atoms with E-state index in [1.807, 2.05) is 0 Å². The van der Waals surface area contributed by atoms with E-state index in [0.717, 1.165) is 0 Å². The number of halogens is 3. The molecule has 0 amide bonds. The summed E-state index contributed by atoms with van der Waals surface area (Å²) in [5.41, 5.74) is 5.30. The van der Waals surface area contributed by atoms with Crippen LogP contribution in [0, 0.1) is 11.6 Å². The summed E-state index contributed by atoms with van der Waals surface area (Å²) in [7, 11) is 0. The van der Waals surface area contributed by atoms with Gasteiger partial charge in [0.1, 0.15) is 11.6 Å². The lowest BCUT2D eigenvalue weighted by atomic mass is 10.1. The van der Waals surface area contributed by atoms with Gasteiger partial charge in [-0.3, -0.25) is 0 Å². The maximum absolute atomic E-state index is 13.2. The zero-order valence-electron chi connectivity index (χ0n) is 7.30. The zero-order valence-corrected chi connectivity index (χ0v) is 8.89. The molecule has 1 unspecified atom stereocenters. The maximum atomic E-state index is 13.2. The number of aliphatic hydroxyl groups excluding tert-OH is 1. The van der Waals surface area contributed by atoms with Crippen LogP contribution in [0.1, 0.15) is 5.56 Å². The molecule has 0 radical (unpaired) electrons. The molecule has 0 spiro atoms. The third kappa shape index (κ3) is 2.73. The predicted octanol–water partition coefficient (Wildman–Crippen LogP) is 1.59. The fourth-order valence-corrected chi connectivity index (χ4v) is 1.50. The van der Waals surface area contributed by atoms with Crippen molar-refractivity contribution < 1.29 is 13.9 Å². The number of hydrogen-bond acceptors (Lipinski definition) is 2. The van der Waals surface area contributed by atoms with E-state index in [1.165, 1.54) is 12.1 Å². The quantitative estimate of drug-likeness (QED) is 0.872. The van der Waals surface area contributed by atoms with Crippen LogP contribution in [-0.4, -0.2) is 17.8 Å². The fraction of sp³-hybridized carbons (Fsp3) is 0.333. The Bertz CT molecular complexity index is 310. The molecule has 1 aromatic rings. The first-order chi connectivity index (χ1) is 6.54. The molecule has 0 fully saturated rings. The van der Waals surface area contributed by atoms with Gasteiger partial charge in [0, 0.05) is 16.1 Å². The van der Waals surface area contributed by atoms with Crippen LogP contribution in [-0.2, 0) is 6.42 Å². The van der Waals surface area contributed by atoms with Crippen LogP contribution in [0.25, 0.3) is 0 Å². The van der Waals surface area contributed by atoms with Crippen molar-refractivity contribution in [1.82, 2.24) is 0 Å². The second-order valence-electron chi connectivity index (χ2n) is 2.99. The lowest BCUT2D eigenvalue weighted by Gasteiger charge is -2.10. The molecular weight excluding hydrogens is 256 g/mol. The van der Waals surface area contributed by atoms with Crippen LogP contribution in [0.3, 0.4) is 0 Å². The average Bonchev–Trinajstić information content (AvgIpc) is 2.10. The van der Waals surface area contributed by atoms with E-state index in [9.17, 15) is 8.78 Å². The zero-order chi connectivity index (χ0) is 10.7. The first kappa shape index (κ1) is 11.6. The molecule has 5 heteroatoms. The fourth-order valence-electron chi connectivity index (χ4n) is 1.09. The Morgan fingerprint density at radius 1 is 1.36 bits per heavy atom. The first-order valence-corrected chi connectivity index (χ1v) is 4.83. The van der Waals surface area contributed by atoms with Crippen LogP contribution >= 0.6 is 15.9 Å². The van der Waals surface area contributed by atoms with Gasteiger partial charge in [-0.2, -0.15) is 0 Å². The van der Waals surface area contributed by atoms with E-state index < -0.39 is 17.7 Å². The minimum Gasteiger partial charge on any atom is -0.395 e. The normalized spacial score (nSPS) is 12.9. The monoisotopic (exact) mass is 265 g/mol. The second-order valence-corrected chi connectivity index (χ2v) is 3.91. The highest BCUT2D eigenvalue weighted by molar-refractivity contribution is 9.10. The number of rotatable bonds is 3. The molecule has 1 atom stereocenters. The van der Waals surface area contributed by atoms with Gasteiger partial charge in [-0.05, 0) is 18.6 Å². The molecule has 1 rings (SSSR count). The van der Waals surface area contributed by atoms with Gasteiger partial charge in [0.2, 0.25) is 0 Å². The molecule has 0 aliphatic rings. The van der Waals surface area contributed by atoms with Crippen molar-refractivity contribution in [1.29, 1.82) is 0 Å². The second kappa shape index (κ2) is 4.82. The molecule has 0 saturated heterocycles. The van der Waals surface area contributed by atoms with Crippen LogP contribution in [0.5, 0.6) is 0 Å². The number of hydrogen-bond donors (Lipinski definition) is 2. The Kier molecular flexibility index (Phi) is 3.97. The standard InChI is InChI=1S/C9H10BrF2NO/c10-5-1-8(11)7(9(12)2-5)3-6(13)4-14/h1-2,6,14H,3-4,13H2. The molecule has 0 aliphatic carbocycles. The Balaban J connectivity index is 2.96. The van der Waals surface area contributed by atoms with Crippen molar-refractivity contribution in [3.8, 4) is 0 Å². The van der Waals surface area contributed by atoms with Crippen molar-refractivity contribution in [3.63, 3.8) is 0 Å². The van der Waals surface area contributed by atoms with Crippen molar-refractivity contribution >= 4 is 15.9 Å². The first-order valence-electron chi connectivity index (χ1n) is 4.04. The SMILES string of the molecule is NC(CO)Cc1c(F)cc(Br)cc1F. The predicted molar refractivity (Wildman–Crippen MR) is 52.8 cm³/mol. The highest BCUT2D eigenvalue weighted by Crippen LogP contribution is 2.20. The van der Waals surface area contributed by atoms with Gasteiger partial charge >= 0.3 is 0 Å². The third-order valence-electron chi connectivity index (χ3n) is 1.81. The van der Waals surface area contributed by atoms with E-state index in [2.05, 4.69) is 15.9 Å². The summed E-state index contributed by atoms with van der Waals surface area (Å²) in [6, 6.07) is 1.70. The topological polar surface area (TPSA) is 46.2 Å². The average molecular weight is 266 g/mol. The van der Waals surface area contributed by atoms with E-state index >= 15 is 0 Å². The summed E-state index contributed by atoms with van der Waals surface area (Å²) in [4.78, 5) is 0. The molecule has 3 N–H and O–H groups in total. The third-order valence-corrected chi connectivity index (χ3v) is 2.26. The molecule has 78 valence electrons. The van der Waals surface area contributed by atoms with E-state index in [0.29, 0.717) is 4.47 Å². The minimum atomic E-state index is -0.652. The van der Waals surface area contributed by atoms with Crippen molar-refractivity contribution in [3.05, 3.63) is 33.8 Å². The Morgan fingerprint density at radius 3 is 2.29 bits per heavy atom. The van der Waals surface area contributed by atoms with Gasteiger partial charge < -0.3 is 10.8 Å². The summed E-state index contributed by atoms with van der Waals surface area (Å²) in [6.45, 7) is -0.297. The number of aliphatic hydroxyl groups is 1. The molecule has 2 nitrogen and oxygen atoms in total. The Labute approximate surface area is 88.9 Å². The maximum Gasteiger partial charge on any atom is 0.130 e. The summed E-state index contributed by atoms with van der Waals surface area (Å²) < 4.78 is 26.7. The Hall–Kier alpha value is -0.520. The van der Waals surface area contributed by atoms with Gasteiger partial charge in [0.05, 0.1) is 6.61 Å². The smallest absolute Gasteiger partial charge is 0.130 e. The summed E-state index contributed by atoms with van der Waals surface area (Å²) >= 11 is 2.97. The molecule has 0 heterocycles. The van der Waals surface area contributed by atoms with Gasteiger partial charge in [-0.25, -0.2) is 8.78 Å². The van der Waals surface area contributed by atoms with E-state index in [1.54, 1.807) is 0 Å². The Morgan fingerprint density at radius 2 is 1.86 bits per heavy atom. The molecular formula is C9H10BrF2NO. The molecule has 1 aromatic carbocycles. The van der Waals surface area contributed by atoms with Gasteiger partial charge in [-0.15, -0.1) is 0 Å². The van der Waals surface area contributed by atoms with E-state index in [-0.39, 0.29) is 18.6 Å². The van der Waals surface area contributed by atoms with E-state index in [4.69, 9.17) is 10.8 Å². The molecule has 0 bridgehead atoms. The van der Waals surface area contributed by atoms with Crippen molar-refractivity contribution in [2.24, 2.45) is 5.73 Å². The summed E-state index contributed by atoms with van der Waals surface area (Å²) in [5.74, 6) is -1.30. The number of nitrogens with two attached hydrogens (primary N) is 1. The minimum absolute atomic E-state index is 0.0125. The van der Waals surface area contributed by atoms with Crippen molar-refractivity contribution in [2.45, 2.75) is 12.5 Å². The van der Waals surface area contributed by atoms with Gasteiger partial charge in [0.25, 0.3) is 0 Å². The molecule has 0 saturated carbocycles. The van der Waals surface area contributed by atoms with Crippen LogP contribution in [0.15, 0.2) is 16.6 Å². The summed E-state index contributed by atoms with van der Waals surface area (Å²) in [6.07, 6.45) is -0.0125. The van der Waals surface area contributed by atoms with Crippen LogP contribution in [0.2, 0.25) is 0 Å². The van der Waals surface area contributed by atoms with Crippen LogP contribution in [0.4, 0.5) is 8.78 Å².